The van der Waals surface area contributed by atoms with E-state index in [4.69, 9.17) is 4.74 Å². The number of nitroso groups, excluding NO2 is 1. The fourth-order valence-corrected chi connectivity index (χ4v) is 1.74. The van der Waals surface area contributed by atoms with Crippen molar-refractivity contribution in [2.24, 2.45) is 16.1 Å². The molecule has 17 heavy (non-hydrogen) atoms. The number of aliphatic hydroxyl groups excluding tert-OH is 3. The van der Waals surface area contributed by atoms with E-state index in [1.54, 1.807) is 0 Å². The Bertz CT molecular complexity index is 273. The second-order valence-electron chi connectivity index (χ2n) is 3.98. The van der Waals surface area contributed by atoms with Gasteiger partial charge >= 0.3 is 0 Å². The fraction of sp³-hybridized carbons (Fsp3) is 0.900. The number of hydrogen-bond acceptors (Lipinski definition) is 7. The zero-order valence-corrected chi connectivity index (χ0v) is 9.64. The number of rotatable bonds is 4. The maximum absolute atomic E-state index is 10.2. The monoisotopic (exact) mass is 246 g/mol. The minimum atomic E-state index is -1.23. The van der Waals surface area contributed by atoms with Crippen molar-refractivity contribution in [2.45, 2.75) is 37.9 Å². The van der Waals surface area contributed by atoms with E-state index in [1.807, 2.05) is 6.92 Å². The van der Waals surface area contributed by atoms with Gasteiger partial charge in [0.1, 0.15) is 18.8 Å². The molecule has 1 rings (SSSR count). The summed E-state index contributed by atoms with van der Waals surface area (Å²) in [5.41, 5.74) is 0. The summed E-state index contributed by atoms with van der Waals surface area (Å²) in [5, 5.41) is 31.7. The van der Waals surface area contributed by atoms with Crippen LogP contribution in [-0.4, -0.2) is 59.2 Å². The summed E-state index contributed by atoms with van der Waals surface area (Å²) >= 11 is 0. The van der Waals surface area contributed by atoms with E-state index in [0.717, 1.165) is 0 Å². The van der Waals surface area contributed by atoms with Crippen LogP contribution >= 0.6 is 0 Å². The minimum absolute atomic E-state index is 0.126. The number of aliphatic imine (C=N–C) groups is 1. The molecule has 1 fully saturated rings. The van der Waals surface area contributed by atoms with Crippen LogP contribution in [0.1, 0.15) is 13.3 Å². The van der Waals surface area contributed by atoms with Gasteiger partial charge in [-0.1, -0.05) is 5.18 Å². The first-order valence-corrected chi connectivity index (χ1v) is 5.58. The average molecular weight is 246 g/mol. The highest BCUT2D eigenvalue weighted by molar-refractivity contribution is 5.61. The third-order valence-electron chi connectivity index (χ3n) is 2.70. The summed E-state index contributed by atoms with van der Waals surface area (Å²) in [5.74, 6) is -0.503. The third kappa shape index (κ3) is 3.81. The smallest absolute Gasteiger partial charge is 0.162 e. The zero-order valence-electron chi connectivity index (χ0n) is 9.64. The summed E-state index contributed by atoms with van der Waals surface area (Å²) in [6.07, 6.45) is -2.88. The SMILES string of the molecule is CCN=CC1CC(O)[C@H](O)C(CN=O)O[C@H]1O. The maximum Gasteiger partial charge on any atom is 0.162 e. The molecule has 1 saturated heterocycles. The Balaban J connectivity index is 2.75. The quantitative estimate of drug-likeness (QED) is 0.448. The maximum atomic E-state index is 10.2. The van der Waals surface area contributed by atoms with E-state index in [-0.39, 0.29) is 13.0 Å². The molecule has 0 radical (unpaired) electrons. The van der Waals surface area contributed by atoms with Crippen LogP contribution in [0.25, 0.3) is 0 Å². The van der Waals surface area contributed by atoms with Crippen molar-refractivity contribution < 1.29 is 20.1 Å². The molecule has 5 atom stereocenters. The Morgan fingerprint density at radius 1 is 1.41 bits per heavy atom. The van der Waals surface area contributed by atoms with Gasteiger partial charge in [0.05, 0.1) is 6.10 Å². The Morgan fingerprint density at radius 2 is 2.12 bits per heavy atom. The molecule has 1 aliphatic rings. The highest BCUT2D eigenvalue weighted by Crippen LogP contribution is 2.23. The van der Waals surface area contributed by atoms with Gasteiger partial charge in [0.25, 0.3) is 0 Å². The predicted octanol–water partition coefficient (Wildman–Crippen LogP) is -0.711. The molecular weight excluding hydrogens is 228 g/mol. The molecule has 0 aliphatic carbocycles. The molecule has 3 unspecified atom stereocenters. The van der Waals surface area contributed by atoms with Crippen LogP contribution in [0.2, 0.25) is 0 Å². The summed E-state index contributed by atoms with van der Waals surface area (Å²) in [7, 11) is 0. The standard InChI is InChI=1S/C10H18N2O5/c1-2-11-4-6-3-7(13)9(14)8(5-12-16)17-10(6)15/h4,6-10,13-15H,2-3,5H2,1H3/t6?,7?,8?,9-,10+/m0/s1. The highest BCUT2D eigenvalue weighted by atomic mass is 16.6. The van der Waals surface area contributed by atoms with Gasteiger partial charge < -0.3 is 20.1 Å². The number of ether oxygens (including phenoxy) is 1. The van der Waals surface area contributed by atoms with E-state index in [1.165, 1.54) is 6.21 Å². The van der Waals surface area contributed by atoms with E-state index in [0.29, 0.717) is 6.54 Å². The molecule has 0 aromatic rings. The number of hydrogen-bond donors (Lipinski definition) is 3. The van der Waals surface area contributed by atoms with Crippen molar-refractivity contribution in [3.63, 3.8) is 0 Å². The van der Waals surface area contributed by atoms with Crippen LogP contribution < -0.4 is 0 Å². The molecule has 0 aromatic carbocycles. The average Bonchev–Trinajstić information content (AvgIpc) is 2.40. The predicted molar refractivity (Wildman–Crippen MR) is 60.7 cm³/mol. The molecule has 0 aromatic heterocycles. The first-order valence-electron chi connectivity index (χ1n) is 5.58. The Hall–Kier alpha value is -0.890. The van der Waals surface area contributed by atoms with Crippen molar-refractivity contribution in [3.05, 3.63) is 4.91 Å². The van der Waals surface area contributed by atoms with Gasteiger partial charge in [-0.2, -0.15) is 4.91 Å². The van der Waals surface area contributed by atoms with Crippen LogP contribution in [0.15, 0.2) is 10.2 Å². The molecule has 98 valence electrons. The van der Waals surface area contributed by atoms with Gasteiger partial charge in [0.15, 0.2) is 6.29 Å². The van der Waals surface area contributed by atoms with Gasteiger partial charge in [-0.05, 0) is 13.3 Å². The van der Waals surface area contributed by atoms with Crippen molar-refractivity contribution >= 4 is 6.21 Å². The lowest BCUT2D eigenvalue weighted by atomic mass is 9.98. The summed E-state index contributed by atoms with van der Waals surface area (Å²) < 4.78 is 5.10. The van der Waals surface area contributed by atoms with E-state index < -0.39 is 30.5 Å². The van der Waals surface area contributed by atoms with Crippen LogP contribution in [0.4, 0.5) is 0 Å². The minimum Gasteiger partial charge on any atom is -0.390 e. The molecule has 1 aliphatic heterocycles. The van der Waals surface area contributed by atoms with E-state index in [2.05, 4.69) is 10.2 Å². The fourth-order valence-electron chi connectivity index (χ4n) is 1.74. The van der Waals surface area contributed by atoms with Gasteiger partial charge in [-0.15, -0.1) is 0 Å². The van der Waals surface area contributed by atoms with Crippen molar-refractivity contribution in [1.82, 2.24) is 0 Å². The molecule has 0 amide bonds. The van der Waals surface area contributed by atoms with Crippen LogP contribution in [0, 0.1) is 10.8 Å². The first kappa shape index (κ1) is 14.2. The summed E-state index contributed by atoms with van der Waals surface area (Å²) in [6, 6.07) is 0. The second-order valence-corrected chi connectivity index (χ2v) is 3.98. The molecule has 7 heteroatoms. The van der Waals surface area contributed by atoms with Crippen LogP contribution in [0.3, 0.4) is 0 Å². The lowest BCUT2D eigenvalue weighted by molar-refractivity contribution is -0.165. The largest absolute Gasteiger partial charge is 0.390 e. The molecule has 7 nitrogen and oxygen atoms in total. The normalized spacial score (nSPS) is 39.2. The Morgan fingerprint density at radius 3 is 2.71 bits per heavy atom. The third-order valence-corrected chi connectivity index (χ3v) is 2.70. The molecule has 0 spiro atoms. The van der Waals surface area contributed by atoms with Crippen molar-refractivity contribution in [1.29, 1.82) is 0 Å². The first-order chi connectivity index (χ1) is 8.10. The summed E-state index contributed by atoms with van der Waals surface area (Å²) in [6.45, 7) is 2.08. The molecule has 1 heterocycles. The van der Waals surface area contributed by atoms with Gasteiger partial charge in [-0.25, -0.2) is 0 Å². The Kier molecular flexibility index (Phi) is 5.63. The summed E-state index contributed by atoms with van der Waals surface area (Å²) in [4.78, 5) is 14.1. The van der Waals surface area contributed by atoms with E-state index in [9.17, 15) is 20.2 Å². The zero-order chi connectivity index (χ0) is 12.8. The van der Waals surface area contributed by atoms with Crippen molar-refractivity contribution in [2.75, 3.05) is 13.1 Å². The topological polar surface area (TPSA) is 112 Å². The highest BCUT2D eigenvalue weighted by Gasteiger charge is 2.37. The van der Waals surface area contributed by atoms with Gasteiger partial charge in [-0.3, -0.25) is 4.99 Å². The second kappa shape index (κ2) is 6.75. The molecular formula is C10H18N2O5. The van der Waals surface area contributed by atoms with Crippen molar-refractivity contribution in [3.8, 4) is 0 Å². The van der Waals surface area contributed by atoms with Crippen LogP contribution in [0.5, 0.6) is 0 Å². The lowest BCUT2D eigenvalue weighted by Crippen LogP contribution is -2.39. The van der Waals surface area contributed by atoms with Gasteiger partial charge in [0, 0.05) is 18.7 Å². The lowest BCUT2D eigenvalue weighted by Gasteiger charge is -2.21. The van der Waals surface area contributed by atoms with Gasteiger partial charge in [0.2, 0.25) is 0 Å². The molecule has 3 N–H and O–H groups in total. The number of nitrogens with zero attached hydrogens (tertiary/aromatic N) is 2. The molecule has 0 saturated carbocycles. The number of aliphatic hydroxyl groups is 3. The van der Waals surface area contributed by atoms with E-state index >= 15 is 0 Å². The Labute approximate surface area is 99.1 Å². The molecule has 0 bridgehead atoms. The van der Waals surface area contributed by atoms with Crippen LogP contribution in [-0.2, 0) is 4.74 Å².